The van der Waals surface area contributed by atoms with Crippen LogP contribution in [0.15, 0.2) is 24.3 Å². The third-order valence-corrected chi connectivity index (χ3v) is 2.38. The molecule has 0 aromatic heterocycles. The molecule has 0 aliphatic rings. The van der Waals surface area contributed by atoms with Gasteiger partial charge in [-0.25, -0.2) is 13.2 Å². The first-order valence-electron chi connectivity index (χ1n) is 4.49. The summed E-state index contributed by atoms with van der Waals surface area (Å²) in [6.07, 6.45) is 0.405. The van der Waals surface area contributed by atoms with Gasteiger partial charge in [0, 0.05) is 0 Å². The van der Waals surface area contributed by atoms with E-state index in [1.54, 1.807) is 0 Å². The van der Waals surface area contributed by atoms with E-state index in [1.165, 1.54) is 12.1 Å². The van der Waals surface area contributed by atoms with E-state index in [9.17, 15) is 13.2 Å². The van der Waals surface area contributed by atoms with Crippen molar-refractivity contribution in [2.45, 2.75) is 6.42 Å². The molecule has 0 aliphatic carbocycles. The molecule has 0 fully saturated rings. The maximum atomic E-state index is 13.3. The molecule has 0 amide bonds. The van der Waals surface area contributed by atoms with Crippen molar-refractivity contribution in [1.82, 2.24) is 0 Å². The summed E-state index contributed by atoms with van der Waals surface area (Å²) in [6.45, 7) is 3.65. The minimum atomic E-state index is -1.14. The average molecular weight is 209 g/mol. The SMILES string of the molecule is [CH2]Cc1ccc(F)c2c(F)c(F)ccc12. The Labute approximate surface area is 85.3 Å². The summed E-state index contributed by atoms with van der Waals surface area (Å²) < 4.78 is 39.6. The number of hydrogen-bond acceptors (Lipinski definition) is 0. The fraction of sp³-hybridized carbons (Fsp3) is 0.0833. The third kappa shape index (κ3) is 1.48. The van der Waals surface area contributed by atoms with Gasteiger partial charge < -0.3 is 0 Å². The van der Waals surface area contributed by atoms with E-state index in [0.29, 0.717) is 17.4 Å². The fourth-order valence-electron chi connectivity index (χ4n) is 1.62. The summed E-state index contributed by atoms with van der Waals surface area (Å²) in [5, 5.41) is 0.0834. The molecule has 15 heavy (non-hydrogen) atoms. The van der Waals surface area contributed by atoms with Crippen LogP contribution in [0.2, 0.25) is 0 Å². The Balaban J connectivity index is 2.93. The molecule has 0 N–H and O–H groups in total. The molecule has 0 bridgehead atoms. The van der Waals surface area contributed by atoms with Crippen molar-refractivity contribution in [2.24, 2.45) is 0 Å². The molecule has 2 aromatic carbocycles. The molecule has 0 atom stereocenters. The van der Waals surface area contributed by atoms with Gasteiger partial charge in [-0.1, -0.05) is 12.1 Å². The molecule has 0 saturated carbocycles. The highest BCUT2D eigenvalue weighted by molar-refractivity contribution is 5.87. The van der Waals surface area contributed by atoms with Gasteiger partial charge in [-0.15, -0.1) is 0 Å². The van der Waals surface area contributed by atoms with Crippen LogP contribution in [-0.2, 0) is 6.42 Å². The van der Waals surface area contributed by atoms with Gasteiger partial charge in [-0.2, -0.15) is 0 Å². The summed E-state index contributed by atoms with van der Waals surface area (Å²) >= 11 is 0. The minimum absolute atomic E-state index is 0.295. The lowest BCUT2D eigenvalue weighted by Gasteiger charge is -2.06. The molecular formula is C12H8F3. The standard InChI is InChI=1S/C12H8F3/c1-2-7-3-5-9(13)11-8(7)4-6-10(14)12(11)15/h3-6H,1-2H2. The van der Waals surface area contributed by atoms with Crippen molar-refractivity contribution in [2.75, 3.05) is 0 Å². The molecule has 0 unspecified atom stereocenters. The van der Waals surface area contributed by atoms with E-state index >= 15 is 0 Å². The zero-order chi connectivity index (χ0) is 11.0. The van der Waals surface area contributed by atoms with Crippen molar-refractivity contribution in [1.29, 1.82) is 0 Å². The summed E-state index contributed by atoms with van der Waals surface area (Å²) in [6, 6.07) is 5.03. The lowest BCUT2D eigenvalue weighted by Crippen LogP contribution is -1.93. The highest BCUT2D eigenvalue weighted by Crippen LogP contribution is 2.26. The van der Waals surface area contributed by atoms with Crippen LogP contribution in [0.1, 0.15) is 5.56 Å². The number of halogens is 3. The van der Waals surface area contributed by atoms with Crippen molar-refractivity contribution in [3.8, 4) is 0 Å². The van der Waals surface area contributed by atoms with E-state index in [1.807, 2.05) is 0 Å². The summed E-state index contributed by atoms with van der Waals surface area (Å²) in [5.74, 6) is -2.93. The van der Waals surface area contributed by atoms with Crippen molar-refractivity contribution in [3.05, 3.63) is 54.2 Å². The Morgan fingerprint density at radius 3 is 2.27 bits per heavy atom. The van der Waals surface area contributed by atoms with Crippen LogP contribution in [0.4, 0.5) is 13.2 Å². The predicted molar refractivity (Wildman–Crippen MR) is 52.9 cm³/mol. The molecule has 3 heteroatoms. The van der Waals surface area contributed by atoms with Crippen molar-refractivity contribution in [3.63, 3.8) is 0 Å². The first-order chi connectivity index (χ1) is 7.15. The van der Waals surface area contributed by atoms with Gasteiger partial charge in [0.1, 0.15) is 5.82 Å². The molecular weight excluding hydrogens is 201 g/mol. The molecule has 77 valence electrons. The van der Waals surface area contributed by atoms with Crippen LogP contribution in [0, 0.1) is 24.4 Å². The zero-order valence-electron chi connectivity index (χ0n) is 7.86. The normalized spacial score (nSPS) is 10.9. The Morgan fingerprint density at radius 1 is 0.933 bits per heavy atom. The van der Waals surface area contributed by atoms with Gasteiger partial charge in [0.05, 0.1) is 5.39 Å². The lowest BCUT2D eigenvalue weighted by atomic mass is 10.0. The van der Waals surface area contributed by atoms with E-state index in [4.69, 9.17) is 0 Å². The van der Waals surface area contributed by atoms with Crippen LogP contribution in [-0.4, -0.2) is 0 Å². The van der Waals surface area contributed by atoms with E-state index in [0.717, 1.165) is 12.1 Å². The van der Waals surface area contributed by atoms with Gasteiger partial charge in [0.25, 0.3) is 0 Å². The molecule has 0 nitrogen and oxygen atoms in total. The van der Waals surface area contributed by atoms with Gasteiger partial charge in [-0.3, -0.25) is 0 Å². The smallest absolute Gasteiger partial charge is 0.169 e. The Hall–Kier alpha value is -1.51. The Morgan fingerprint density at radius 2 is 1.60 bits per heavy atom. The van der Waals surface area contributed by atoms with E-state index in [2.05, 4.69) is 6.92 Å². The molecule has 0 heterocycles. The molecule has 2 aromatic rings. The predicted octanol–water partition coefficient (Wildman–Crippen LogP) is 3.63. The van der Waals surface area contributed by atoms with Crippen LogP contribution in [0.5, 0.6) is 0 Å². The van der Waals surface area contributed by atoms with Gasteiger partial charge >= 0.3 is 0 Å². The summed E-state index contributed by atoms with van der Waals surface area (Å²) in [7, 11) is 0. The number of benzene rings is 2. The van der Waals surface area contributed by atoms with E-state index in [-0.39, 0.29) is 5.39 Å². The molecule has 0 aliphatic heterocycles. The number of rotatable bonds is 1. The second-order valence-corrected chi connectivity index (χ2v) is 3.24. The second-order valence-electron chi connectivity index (χ2n) is 3.24. The molecule has 1 radical (unpaired) electrons. The largest absolute Gasteiger partial charge is 0.206 e. The summed E-state index contributed by atoms with van der Waals surface area (Å²) in [5.41, 5.74) is 0.699. The van der Waals surface area contributed by atoms with Crippen LogP contribution in [0.3, 0.4) is 0 Å². The van der Waals surface area contributed by atoms with Crippen LogP contribution in [0.25, 0.3) is 10.8 Å². The first kappa shape index (κ1) is 10.0. The van der Waals surface area contributed by atoms with Crippen molar-refractivity contribution >= 4 is 10.8 Å². The number of hydrogen-bond donors (Lipinski definition) is 0. The highest BCUT2D eigenvalue weighted by atomic mass is 19.2. The molecule has 2 rings (SSSR count). The Kier molecular flexibility index (Phi) is 2.39. The van der Waals surface area contributed by atoms with Gasteiger partial charge in [0.15, 0.2) is 11.6 Å². The third-order valence-electron chi connectivity index (χ3n) is 2.38. The van der Waals surface area contributed by atoms with Crippen LogP contribution >= 0.6 is 0 Å². The topological polar surface area (TPSA) is 0 Å². The lowest BCUT2D eigenvalue weighted by molar-refractivity contribution is 0.511. The maximum absolute atomic E-state index is 13.3. The van der Waals surface area contributed by atoms with Crippen LogP contribution < -0.4 is 0 Å². The average Bonchev–Trinajstić information content (AvgIpc) is 2.24. The monoisotopic (exact) mass is 209 g/mol. The Bertz CT molecular complexity index is 518. The minimum Gasteiger partial charge on any atom is -0.206 e. The maximum Gasteiger partial charge on any atom is 0.169 e. The highest BCUT2D eigenvalue weighted by Gasteiger charge is 2.13. The fourth-order valence-corrected chi connectivity index (χ4v) is 1.62. The van der Waals surface area contributed by atoms with Crippen molar-refractivity contribution < 1.29 is 13.2 Å². The van der Waals surface area contributed by atoms with Gasteiger partial charge in [0.2, 0.25) is 0 Å². The second kappa shape index (κ2) is 3.57. The quantitative estimate of drug-likeness (QED) is 0.672. The van der Waals surface area contributed by atoms with Gasteiger partial charge in [-0.05, 0) is 36.4 Å². The molecule has 0 spiro atoms. The first-order valence-corrected chi connectivity index (χ1v) is 4.49. The zero-order valence-corrected chi connectivity index (χ0v) is 7.86. The summed E-state index contributed by atoms with van der Waals surface area (Å²) in [4.78, 5) is 0. The van der Waals surface area contributed by atoms with E-state index < -0.39 is 17.5 Å². The molecule has 0 saturated heterocycles. The number of fused-ring (bicyclic) bond motifs is 1.